The standard InChI is InChI=1S/C11H24N2S/c1-4-12-7-10(2)8-13-5-6-14-11(3)9-13/h10-12H,4-9H2,1-3H3. The number of hydrogen-bond acceptors (Lipinski definition) is 3. The quantitative estimate of drug-likeness (QED) is 0.752. The number of hydrogen-bond donors (Lipinski definition) is 1. The van der Waals surface area contributed by atoms with Gasteiger partial charge in [-0.05, 0) is 19.0 Å². The van der Waals surface area contributed by atoms with Crippen molar-refractivity contribution in [3.05, 3.63) is 0 Å². The maximum absolute atomic E-state index is 3.42. The lowest BCUT2D eigenvalue weighted by molar-refractivity contribution is 0.245. The van der Waals surface area contributed by atoms with Crippen LogP contribution in [0, 0.1) is 5.92 Å². The maximum Gasteiger partial charge on any atom is 0.0147 e. The Labute approximate surface area is 92.8 Å². The second-order valence-corrected chi connectivity index (χ2v) is 5.90. The van der Waals surface area contributed by atoms with Crippen LogP contribution in [0.2, 0.25) is 0 Å². The minimum absolute atomic E-state index is 0.783. The smallest absolute Gasteiger partial charge is 0.0147 e. The number of thioether (sulfide) groups is 1. The van der Waals surface area contributed by atoms with Crippen LogP contribution in [-0.4, -0.2) is 48.6 Å². The van der Waals surface area contributed by atoms with Crippen LogP contribution in [-0.2, 0) is 0 Å². The van der Waals surface area contributed by atoms with Crippen LogP contribution in [0.4, 0.5) is 0 Å². The Morgan fingerprint density at radius 3 is 3.00 bits per heavy atom. The number of rotatable bonds is 5. The van der Waals surface area contributed by atoms with Crippen molar-refractivity contribution in [2.24, 2.45) is 5.92 Å². The summed E-state index contributed by atoms with van der Waals surface area (Å²) >= 11 is 2.11. The van der Waals surface area contributed by atoms with E-state index in [0.29, 0.717) is 0 Å². The SMILES string of the molecule is CCNCC(C)CN1CCSC(C)C1. The summed E-state index contributed by atoms with van der Waals surface area (Å²) in [6.45, 7) is 12.9. The summed E-state index contributed by atoms with van der Waals surface area (Å²) in [5, 5.41) is 4.25. The molecule has 3 heteroatoms. The largest absolute Gasteiger partial charge is 0.317 e. The first-order valence-electron chi connectivity index (χ1n) is 5.77. The molecule has 14 heavy (non-hydrogen) atoms. The molecule has 2 unspecified atom stereocenters. The Kier molecular flexibility index (Phi) is 5.90. The molecule has 2 atom stereocenters. The van der Waals surface area contributed by atoms with Crippen molar-refractivity contribution in [2.45, 2.75) is 26.0 Å². The summed E-state index contributed by atoms with van der Waals surface area (Å²) in [6, 6.07) is 0. The molecule has 1 fully saturated rings. The van der Waals surface area contributed by atoms with E-state index < -0.39 is 0 Å². The Hall–Kier alpha value is 0.270. The van der Waals surface area contributed by atoms with Crippen LogP contribution in [0.25, 0.3) is 0 Å². The molecule has 1 N–H and O–H groups in total. The van der Waals surface area contributed by atoms with Crippen molar-refractivity contribution in [3.63, 3.8) is 0 Å². The van der Waals surface area contributed by atoms with Crippen LogP contribution in [0.15, 0.2) is 0 Å². The zero-order valence-corrected chi connectivity index (χ0v) is 10.6. The normalized spacial score (nSPS) is 26.4. The third-order valence-corrected chi connectivity index (χ3v) is 3.77. The summed E-state index contributed by atoms with van der Waals surface area (Å²) in [5.74, 6) is 2.10. The van der Waals surface area contributed by atoms with Crippen LogP contribution in [0.5, 0.6) is 0 Å². The maximum atomic E-state index is 3.42. The Morgan fingerprint density at radius 1 is 1.57 bits per heavy atom. The van der Waals surface area contributed by atoms with Gasteiger partial charge in [0, 0.05) is 30.6 Å². The van der Waals surface area contributed by atoms with Gasteiger partial charge in [-0.25, -0.2) is 0 Å². The second-order valence-electron chi connectivity index (χ2n) is 4.35. The molecule has 0 radical (unpaired) electrons. The van der Waals surface area contributed by atoms with E-state index in [-0.39, 0.29) is 0 Å². The van der Waals surface area contributed by atoms with E-state index in [9.17, 15) is 0 Å². The fraction of sp³-hybridized carbons (Fsp3) is 1.00. The molecule has 1 rings (SSSR count). The molecule has 0 aromatic rings. The molecule has 1 aliphatic heterocycles. The predicted octanol–water partition coefficient (Wildman–Crippen LogP) is 1.67. The third kappa shape index (κ3) is 4.67. The van der Waals surface area contributed by atoms with Gasteiger partial charge in [-0.1, -0.05) is 20.8 Å². The lowest BCUT2D eigenvalue weighted by Crippen LogP contribution is -2.41. The zero-order valence-electron chi connectivity index (χ0n) is 9.75. The van der Waals surface area contributed by atoms with Gasteiger partial charge in [-0.3, -0.25) is 0 Å². The average Bonchev–Trinajstić information content (AvgIpc) is 2.15. The minimum atomic E-state index is 0.783. The van der Waals surface area contributed by atoms with E-state index in [0.717, 1.165) is 24.3 Å². The van der Waals surface area contributed by atoms with Gasteiger partial charge in [0.15, 0.2) is 0 Å². The molecule has 0 saturated carbocycles. The summed E-state index contributed by atoms with van der Waals surface area (Å²) in [4.78, 5) is 2.61. The molecule has 0 aliphatic carbocycles. The monoisotopic (exact) mass is 216 g/mol. The van der Waals surface area contributed by atoms with Crippen molar-refractivity contribution in [1.82, 2.24) is 10.2 Å². The lowest BCUT2D eigenvalue weighted by atomic mass is 10.1. The van der Waals surface area contributed by atoms with E-state index in [1.54, 1.807) is 0 Å². The van der Waals surface area contributed by atoms with E-state index in [1.807, 2.05) is 0 Å². The minimum Gasteiger partial charge on any atom is -0.317 e. The fourth-order valence-electron chi connectivity index (χ4n) is 1.95. The number of nitrogens with one attached hydrogen (secondary N) is 1. The summed E-state index contributed by atoms with van der Waals surface area (Å²) in [7, 11) is 0. The number of nitrogens with zero attached hydrogens (tertiary/aromatic N) is 1. The molecular formula is C11H24N2S. The summed E-state index contributed by atoms with van der Waals surface area (Å²) in [6.07, 6.45) is 0. The molecule has 2 nitrogen and oxygen atoms in total. The molecule has 0 amide bonds. The molecule has 0 aromatic heterocycles. The zero-order chi connectivity index (χ0) is 10.4. The van der Waals surface area contributed by atoms with Crippen molar-refractivity contribution in [2.75, 3.05) is 38.5 Å². The Balaban J connectivity index is 2.15. The van der Waals surface area contributed by atoms with E-state index in [2.05, 4.69) is 42.7 Å². The fourth-order valence-corrected chi connectivity index (χ4v) is 3.03. The van der Waals surface area contributed by atoms with Gasteiger partial charge >= 0.3 is 0 Å². The molecule has 1 aliphatic rings. The van der Waals surface area contributed by atoms with Crippen LogP contribution in [0.1, 0.15) is 20.8 Å². The highest BCUT2D eigenvalue weighted by molar-refractivity contribution is 7.99. The Bertz CT molecular complexity index is 152. The van der Waals surface area contributed by atoms with Crippen LogP contribution >= 0.6 is 11.8 Å². The van der Waals surface area contributed by atoms with E-state index in [1.165, 1.54) is 25.4 Å². The average molecular weight is 216 g/mol. The summed E-state index contributed by atoms with van der Waals surface area (Å²) < 4.78 is 0. The van der Waals surface area contributed by atoms with E-state index in [4.69, 9.17) is 0 Å². The molecule has 0 aromatic carbocycles. The van der Waals surface area contributed by atoms with Gasteiger partial charge in [0.25, 0.3) is 0 Å². The first-order valence-corrected chi connectivity index (χ1v) is 6.82. The molecule has 0 bridgehead atoms. The van der Waals surface area contributed by atoms with Crippen LogP contribution in [0.3, 0.4) is 0 Å². The van der Waals surface area contributed by atoms with E-state index >= 15 is 0 Å². The van der Waals surface area contributed by atoms with Gasteiger partial charge < -0.3 is 10.2 Å². The first-order chi connectivity index (χ1) is 6.72. The van der Waals surface area contributed by atoms with Crippen molar-refractivity contribution in [3.8, 4) is 0 Å². The van der Waals surface area contributed by atoms with Crippen molar-refractivity contribution < 1.29 is 0 Å². The first kappa shape index (κ1) is 12.3. The highest BCUT2D eigenvalue weighted by Crippen LogP contribution is 2.18. The molecule has 0 spiro atoms. The summed E-state index contributed by atoms with van der Waals surface area (Å²) in [5.41, 5.74) is 0. The third-order valence-electron chi connectivity index (χ3n) is 2.64. The van der Waals surface area contributed by atoms with Gasteiger partial charge in [0.05, 0.1) is 0 Å². The topological polar surface area (TPSA) is 15.3 Å². The Morgan fingerprint density at radius 2 is 2.36 bits per heavy atom. The molecule has 1 saturated heterocycles. The highest BCUT2D eigenvalue weighted by Gasteiger charge is 2.17. The molecule has 1 heterocycles. The highest BCUT2D eigenvalue weighted by atomic mass is 32.2. The van der Waals surface area contributed by atoms with Gasteiger partial charge in [-0.15, -0.1) is 0 Å². The second kappa shape index (κ2) is 6.70. The van der Waals surface area contributed by atoms with Gasteiger partial charge in [0.1, 0.15) is 0 Å². The molecular weight excluding hydrogens is 192 g/mol. The van der Waals surface area contributed by atoms with Crippen molar-refractivity contribution in [1.29, 1.82) is 0 Å². The lowest BCUT2D eigenvalue weighted by Gasteiger charge is -2.32. The van der Waals surface area contributed by atoms with Gasteiger partial charge in [0.2, 0.25) is 0 Å². The predicted molar refractivity (Wildman–Crippen MR) is 66.1 cm³/mol. The van der Waals surface area contributed by atoms with Gasteiger partial charge in [-0.2, -0.15) is 11.8 Å². The van der Waals surface area contributed by atoms with Crippen molar-refractivity contribution >= 4 is 11.8 Å². The molecule has 84 valence electrons. The van der Waals surface area contributed by atoms with Crippen LogP contribution < -0.4 is 5.32 Å².